The summed E-state index contributed by atoms with van der Waals surface area (Å²) in [6.45, 7) is 4.46. The number of H-pyrrole nitrogens is 1. The van der Waals surface area contributed by atoms with Gasteiger partial charge in [-0.25, -0.2) is 4.98 Å². The quantitative estimate of drug-likeness (QED) is 0.888. The molecule has 2 rings (SSSR count). The van der Waals surface area contributed by atoms with Crippen LogP contribution in [-0.4, -0.2) is 9.97 Å². The summed E-state index contributed by atoms with van der Waals surface area (Å²) in [5.41, 5.74) is 3.49. The van der Waals surface area contributed by atoms with Gasteiger partial charge in [-0.05, 0) is 33.8 Å². The normalized spacial score (nSPS) is 12.7. The van der Waals surface area contributed by atoms with Crippen LogP contribution in [0.15, 0.2) is 35.2 Å². The molecular formula is C13H15BrN2. The number of rotatable bonds is 3. The van der Waals surface area contributed by atoms with Gasteiger partial charge in [0.05, 0.1) is 6.33 Å². The largest absolute Gasteiger partial charge is 0.339 e. The Balaban J connectivity index is 2.30. The summed E-state index contributed by atoms with van der Waals surface area (Å²) in [5, 5.41) is 0. The third-order valence-corrected chi connectivity index (χ3v) is 3.56. The Morgan fingerprint density at radius 2 is 2.00 bits per heavy atom. The molecule has 0 spiro atoms. The van der Waals surface area contributed by atoms with Gasteiger partial charge in [0, 0.05) is 5.56 Å². The highest BCUT2D eigenvalue weighted by Gasteiger charge is 2.07. The lowest BCUT2D eigenvalue weighted by atomic mass is 9.97. The van der Waals surface area contributed by atoms with Gasteiger partial charge < -0.3 is 4.98 Å². The van der Waals surface area contributed by atoms with E-state index in [0.717, 1.165) is 15.9 Å². The Morgan fingerprint density at radius 3 is 2.50 bits per heavy atom. The van der Waals surface area contributed by atoms with Crippen molar-refractivity contribution in [3.05, 3.63) is 40.8 Å². The molecule has 1 N–H and O–H groups in total. The second kappa shape index (κ2) is 4.83. The van der Waals surface area contributed by atoms with E-state index in [2.05, 4.69) is 64.0 Å². The Hall–Kier alpha value is -1.09. The first-order valence-corrected chi connectivity index (χ1v) is 6.31. The van der Waals surface area contributed by atoms with E-state index in [-0.39, 0.29) is 0 Å². The van der Waals surface area contributed by atoms with Crippen molar-refractivity contribution in [3.63, 3.8) is 0 Å². The fraction of sp³-hybridized carbons (Fsp3) is 0.308. The van der Waals surface area contributed by atoms with Crippen molar-refractivity contribution in [1.82, 2.24) is 9.97 Å². The van der Waals surface area contributed by atoms with Crippen molar-refractivity contribution >= 4 is 15.9 Å². The average molecular weight is 279 g/mol. The molecule has 1 aromatic carbocycles. The lowest BCUT2D eigenvalue weighted by molar-refractivity contribution is 0.734. The van der Waals surface area contributed by atoms with E-state index < -0.39 is 0 Å². The molecule has 0 aliphatic rings. The van der Waals surface area contributed by atoms with E-state index in [1.165, 1.54) is 12.0 Å². The van der Waals surface area contributed by atoms with E-state index in [1.54, 1.807) is 6.33 Å². The maximum Gasteiger partial charge on any atom is 0.110 e. The fourth-order valence-corrected chi connectivity index (χ4v) is 2.12. The van der Waals surface area contributed by atoms with Crippen LogP contribution >= 0.6 is 15.9 Å². The Morgan fingerprint density at radius 1 is 1.31 bits per heavy atom. The molecule has 0 fully saturated rings. The lowest BCUT2D eigenvalue weighted by Gasteiger charge is -2.09. The van der Waals surface area contributed by atoms with Crippen molar-refractivity contribution in [3.8, 4) is 11.3 Å². The van der Waals surface area contributed by atoms with Crippen LogP contribution in [0.5, 0.6) is 0 Å². The van der Waals surface area contributed by atoms with Gasteiger partial charge >= 0.3 is 0 Å². The molecule has 0 bridgehead atoms. The molecule has 1 unspecified atom stereocenters. The summed E-state index contributed by atoms with van der Waals surface area (Å²) in [7, 11) is 0. The van der Waals surface area contributed by atoms with Crippen LogP contribution in [0.4, 0.5) is 0 Å². The molecule has 3 heteroatoms. The summed E-state index contributed by atoms with van der Waals surface area (Å²) in [4.78, 5) is 7.30. The fourth-order valence-electron chi connectivity index (χ4n) is 1.69. The highest BCUT2D eigenvalue weighted by atomic mass is 79.9. The minimum absolute atomic E-state index is 0.622. The van der Waals surface area contributed by atoms with Crippen molar-refractivity contribution < 1.29 is 0 Å². The smallest absolute Gasteiger partial charge is 0.110 e. The second-order valence-electron chi connectivity index (χ2n) is 4.00. The number of halogens is 1. The summed E-state index contributed by atoms with van der Waals surface area (Å²) in [6.07, 6.45) is 2.87. The molecule has 84 valence electrons. The molecule has 0 amide bonds. The predicted molar refractivity (Wildman–Crippen MR) is 70.4 cm³/mol. The minimum Gasteiger partial charge on any atom is -0.339 e. The van der Waals surface area contributed by atoms with Gasteiger partial charge in [0.25, 0.3) is 0 Å². The van der Waals surface area contributed by atoms with Crippen molar-refractivity contribution in [1.29, 1.82) is 0 Å². The zero-order chi connectivity index (χ0) is 11.5. The van der Waals surface area contributed by atoms with E-state index in [0.29, 0.717) is 5.92 Å². The number of aromatic amines is 1. The summed E-state index contributed by atoms with van der Waals surface area (Å²) >= 11 is 3.45. The first-order valence-electron chi connectivity index (χ1n) is 5.51. The molecule has 0 radical (unpaired) electrons. The van der Waals surface area contributed by atoms with Crippen LogP contribution in [0.3, 0.4) is 0 Å². The predicted octanol–water partition coefficient (Wildman–Crippen LogP) is 4.35. The maximum atomic E-state index is 4.28. The SMILES string of the molecule is CCC(C)c1ccc(-c2nc[nH]c2Br)cc1. The highest BCUT2D eigenvalue weighted by Crippen LogP contribution is 2.26. The number of hydrogen-bond donors (Lipinski definition) is 1. The molecule has 16 heavy (non-hydrogen) atoms. The number of aromatic nitrogens is 2. The number of hydrogen-bond acceptors (Lipinski definition) is 1. The molecule has 0 saturated heterocycles. The van der Waals surface area contributed by atoms with E-state index in [4.69, 9.17) is 0 Å². The Kier molecular flexibility index (Phi) is 3.44. The zero-order valence-corrected chi connectivity index (χ0v) is 11.1. The molecule has 2 nitrogen and oxygen atoms in total. The molecule has 1 heterocycles. The first kappa shape index (κ1) is 11.4. The van der Waals surface area contributed by atoms with Crippen molar-refractivity contribution in [2.24, 2.45) is 0 Å². The van der Waals surface area contributed by atoms with Gasteiger partial charge in [-0.15, -0.1) is 0 Å². The maximum absolute atomic E-state index is 4.28. The van der Waals surface area contributed by atoms with Crippen LogP contribution in [0, 0.1) is 0 Å². The van der Waals surface area contributed by atoms with Crippen LogP contribution in [0.2, 0.25) is 0 Å². The van der Waals surface area contributed by atoms with E-state index >= 15 is 0 Å². The highest BCUT2D eigenvalue weighted by molar-refractivity contribution is 9.10. The average Bonchev–Trinajstić information content (AvgIpc) is 2.75. The van der Waals surface area contributed by atoms with Gasteiger partial charge in [0.2, 0.25) is 0 Å². The third kappa shape index (κ3) is 2.19. The summed E-state index contributed by atoms with van der Waals surface area (Å²) in [6, 6.07) is 8.63. The van der Waals surface area contributed by atoms with E-state index in [1.807, 2.05) is 0 Å². The Labute approximate surface area is 104 Å². The summed E-state index contributed by atoms with van der Waals surface area (Å²) < 4.78 is 0.934. The monoisotopic (exact) mass is 278 g/mol. The number of benzene rings is 1. The van der Waals surface area contributed by atoms with Gasteiger partial charge in [-0.3, -0.25) is 0 Å². The topological polar surface area (TPSA) is 28.7 Å². The number of nitrogens with one attached hydrogen (secondary N) is 1. The molecule has 1 atom stereocenters. The van der Waals surface area contributed by atoms with Crippen molar-refractivity contribution in [2.45, 2.75) is 26.2 Å². The van der Waals surface area contributed by atoms with Gasteiger partial charge in [-0.2, -0.15) is 0 Å². The van der Waals surface area contributed by atoms with Crippen LogP contribution in [0.25, 0.3) is 11.3 Å². The van der Waals surface area contributed by atoms with E-state index in [9.17, 15) is 0 Å². The number of imidazole rings is 1. The molecule has 0 saturated carbocycles. The minimum atomic E-state index is 0.622. The molecular weight excluding hydrogens is 264 g/mol. The zero-order valence-electron chi connectivity index (χ0n) is 9.50. The molecule has 1 aromatic heterocycles. The third-order valence-electron chi connectivity index (χ3n) is 2.96. The van der Waals surface area contributed by atoms with Gasteiger partial charge in [0.15, 0.2) is 0 Å². The van der Waals surface area contributed by atoms with Crippen LogP contribution in [0.1, 0.15) is 31.7 Å². The molecule has 2 aromatic rings. The Bertz CT molecular complexity index is 459. The number of nitrogens with zero attached hydrogens (tertiary/aromatic N) is 1. The van der Waals surface area contributed by atoms with Gasteiger partial charge in [-0.1, -0.05) is 38.1 Å². The van der Waals surface area contributed by atoms with Crippen LogP contribution in [-0.2, 0) is 0 Å². The molecule has 0 aliphatic carbocycles. The standard InChI is InChI=1S/C13H15BrN2/c1-3-9(2)10-4-6-11(7-5-10)12-13(14)16-8-15-12/h4-9H,3H2,1-2H3,(H,15,16). The second-order valence-corrected chi connectivity index (χ2v) is 4.79. The van der Waals surface area contributed by atoms with Crippen LogP contribution < -0.4 is 0 Å². The van der Waals surface area contributed by atoms with Crippen molar-refractivity contribution in [2.75, 3.05) is 0 Å². The molecule has 0 aliphatic heterocycles. The first-order chi connectivity index (χ1) is 7.72. The summed E-state index contributed by atoms with van der Waals surface area (Å²) in [5.74, 6) is 0.622. The van der Waals surface area contributed by atoms with Gasteiger partial charge in [0.1, 0.15) is 10.3 Å². The lowest BCUT2D eigenvalue weighted by Crippen LogP contribution is -1.90.